The summed E-state index contributed by atoms with van der Waals surface area (Å²) in [6, 6.07) is 12.4. The summed E-state index contributed by atoms with van der Waals surface area (Å²) in [5.41, 5.74) is 9.16. The van der Waals surface area contributed by atoms with Crippen LogP contribution in [0.3, 0.4) is 0 Å². The SMILES string of the molecule is CCN1c2ccccc2Sc2cc(N)cc(P(C)(C)(C)O)c21. The van der Waals surface area contributed by atoms with Gasteiger partial charge in [0.25, 0.3) is 0 Å². The molecular formula is C17H23N2OPS. The zero-order chi connectivity index (χ0) is 16.1. The molecule has 3 rings (SSSR count). The van der Waals surface area contributed by atoms with Crippen LogP contribution in [0.25, 0.3) is 0 Å². The van der Waals surface area contributed by atoms with Crippen LogP contribution in [0.1, 0.15) is 6.92 Å². The van der Waals surface area contributed by atoms with Gasteiger partial charge < -0.3 is 0 Å². The molecule has 118 valence electrons. The van der Waals surface area contributed by atoms with E-state index in [-0.39, 0.29) is 0 Å². The van der Waals surface area contributed by atoms with E-state index in [0.29, 0.717) is 5.69 Å². The minimum atomic E-state index is -2.93. The van der Waals surface area contributed by atoms with E-state index in [9.17, 15) is 4.89 Å². The van der Waals surface area contributed by atoms with E-state index in [4.69, 9.17) is 5.73 Å². The van der Waals surface area contributed by atoms with Crippen LogP contribution in [0.15, 0.2) is 46.2 Å². The molecule has 0 spiro atoms. The molecule has 1 aliphatic heterocycles. The Morgan fingerprint density at radius 1 is 1.14 bits per heavy atom. The van der Waals surface area contributed by atoms with Crippen LogP contribution in [0.5, 0.6) is 0 Å². The van der Waals surface area contributed by atoms with E-state index in [1.54, 1.807) is 11.8 Å². The second kappa shape index (κ2) is 4.89. The third-order valence-corrected chi connectivity index (χ3v) is 6.97. The molecule has 3 N–H and O–H groups in total. The molecule has 0 fully saturated rings. The molecule has 5 heteroatoms. The summed E-state index contributed by atoms with van der Waals surface area (Å²) in [4.78, 5) is 15.8. The van der Waals surface area contributed by atoms with Crippen molar-refractivity contribution in [2.24, 2.45) is 0 Å². The van der Waals surface area contributed by atoms with E-state index in [1.807, 2.05) is 32.1 Å². The Labute approximate surface area is 136 Å². The number of anilines is 3. The summed E-state index contributed by atoms with van der Waals surface area (Å²) >= 11 is 1.73. The number of nitrogens with two attached hydrogens (primary N) is 1. The standard InChI is InChI=1S/C17H23N2OPS/c1-5-19-13-8-6-7-9-15(13)22-16-11-12(18)10-14(17(16)19)21(2,3,4)20/h6-11,20H,5,18H2,1-4H3. The van der Waals surface area contributed by atoms with Crippen LogP contribution in [0.2, 0.25) is 0 Å². The Morgan fingerprint density at radius 2 is 1.82 bits per heavy atom. The molecule has 0 amide bonds. The number of nitrogens with zero attached hydrogens (tertiary/aromatic N) is 1. The first kappa shape index (κ1) is 15.7. The van der Waals surface area contributed by atoms with Gasteiger partial charge in [-0.1, -0.05) is 0 Å². The molecule has 0 saturated carbocycles. The third kappa shape index (κ3) is 2.60. The van der Waals surface area contributed by atoms with Crippen molar-refractivity contribution in [3.05, 3.63) is 36.4 Å². The second-order valence-corrected chi connectivity index (χ2v) is 13.9. The summed E-state index contributed by atoms with van der Waals surface area (Å²) < 4.78 is 0. The molecule has 0 unspecified atom stereocenters. The average molecular weight is 334 g/mol. The first-order valence-corrected chi connectivity index (χ1v) is 11.8. The van der Waals surface area contributed by atoms with E-state index < -0.39 is 6.83 Å². The summed E-state index contributed by atoms with van der Waals surface area (Å²) in [6.07, 6.45) is 0. The molecule has 2 aromatic carbocycles. The normalized spacial score (nSPS) is 15.7. The van der Waals surface area contributed by atoms with Crippen molar-refractivity contribution in [3.63, 3.8) is 0 Å². The fourth-order valence-corrected chi connectivity index (χ4v) is 5.70. The predicted molar refractivity (Wildman–Crippen MR) is 101 cm³/mol. The molecular weight excluding hydrogens is 311 g/mol. The van der Waals surface area contributed by atoms with Crippen molar-refractivity contribution in [1.29, 1.82) is 0 Å². The average Bonchev–Trinajstić information content (AvgIpc) is 2.42. The van der Waals surface area contributed by atoms with Gasteiger partial charge in [0.05, 0.1) is 0 Å². The molecule has 3 nitrogen and oxygen atoms in total. The Bertz CT molecular complexity index is 743. The van der Waals surface area contributed by atoms with Crippen molar-refractivity contribution in [3.8, 4) is 0 Å². The molecule has 22 heavy (non-hydrogen) atoms. The number of fused-ring (bicyclic) bond motifs is 2. The van der Waals surface area contributed by atoms with Gasteiger partial charge >= 0.3 is 136 Å². The van der Waals surface area contributed by atoms with Gasteiger partial charge in [-0.3, -0.25) is 0 Å². The van der Waals surface area contributed by atoms with Gasteiger partial charge in [0.1, 0.15) is 0 Å². The van der Waals surface area contributed by atoms with Gasteiger partial charge in [-0.05, 0) is 0 Å². The van der Waals surface area contributed by atoms with Gasteiger partial charge in [-0.2, -0.15) is 0 Å². The Hall–Kier alpha value is -1.22. The first-order valence-electron chi connectivity index (χ1n) is 7.41. The second-order valence-electron chi connectivity index (χ2n) is 6.91. The molecule has 1 aliphatic rings. The van der Waals surface area contributed by atoms with Crippen molar-refractivity contribution in [2.75, 3.05) is 37.2 Å². The molecule has 0 saturated heterocycles. The number of nitrogen functional groups attached to an aromatic ring is 1. The molecule has 0 radical (unpaired) electrons. The predicted octanol–water partition coefficient (Wildman–Crippen LogP) is 3.87. The topological polar surface area (TPSA) is 49.5 Å². The Morgan fingerprint density at radius 3 is 2.45 bits per heavy atom. The Balaban J connectivity index is 2.32. The Kier molecular flexibility index (Phi) is 3.48. The van der Waals surface area contributed by atoms with Crippen molar-refractivity contribution >= 4 is 41.0 Å². The quantitative estimate of drug-likeness (QED) is 0.647. The van der Waals surface area contributed by atoms with Crippen LogP contribution in [-0.4, -0.2) is 31.4 Å². The van der Waals surface area contributed by atoms with Crippen LogP contribution < -0.4 is 15.9 Å². The van der Waals surface area contributed by atoms with Gasteiger partial charge in [-0.25, -0.2) is 0 Å². The molecule has 1 heterocycles. The van der Waals surface area contributed by atoms with Crippen LogP contribution in [0, 0.1) is 0 Å². The third-order valence-electron chi connectivity index (χ3n) is 3.87. The number of hydrogen-bond donors (Lipinski definition) is 2. The molecule has 2 aromatic rings. The van der Waals surface area contributed by atoms with E-state index in [0.717, 1.165) is 22.4 Å². The number of hydrogen-bond acceptors (Lipinski definition) is 4. The van der Waals surface area contributed by atoms with Gasteiger partial charge in [0.2, 0.25) is 0 Å². The van der Waals surface area contributed by atoms with Crippen molar-refractivity contribution in [2.45, 2.75) is 16.7 Å². The summed E-state index contributed by atoms with van der Waals surface area (Å²) in [5, 5.41) is 0.991. The summed E-state index contributed by atoms with van der Waals surface area (Å²) in [7, 11) is 0. The number of rotatable bonds is 2. The summed E-state index contributed by atoms with van der Waals surface area (Å²) in [5.74, 6) is 0. The van der Waals surface area contributed by atoms with Crippen LogP contribution in [0.4, 0.5) is 17.1 Å². The molecule has 0 aliphatic carbocycles. The maximum atomic E-state index is 11.1. The maximum absolute atomic E-state index is 11.1. The van der Waals surface area contributed by atoms with E-state index in [1.165, 1.54) is 10.6 Å². The van der Waals surface area contributed by atoms with E-state index >= 15 is 0 Å². The minimum absolute atomic E-state index is 0.713. The van der Waals surface area contributed by atoms with Crippen molar-refractivity contribution in [1.82, 2.24) is 0 Å². The van der Waals surface area contributed by atoms with E-state index in [2.05, 4.69) is 36.1 Å². The van der Waals surface area contributed by atoms with Crippen LogP contribution >= 0.6 is 18.6 Å². The fraction of sp³-hybridized carbons (Fsp3) is 0.294. The fourth-order valence-electron chi connectivity index (χ4n) is 2.88. The van der Waals surface area contributed by atoms with Gasteiger partial charge in [-0.15, -0.1) is 0 Å². The van der Waals surface area contributed by atoms with Crippen molar-refractivity contribution < 1.29 is 4.89 Å². The van der Waals surface area contributed by atoms with Gasteiger partial charge in [0, 0.05) is 0 Å². The molecule has 0 atom stereocenters. The number of benzene rings is 2. The monoisotopic (exact) mass is 334 g/mol. The zero-order valence-electron chi connectivity index (χ0n) is 13.5. The summed E-state index contributed by atoms with van der Waals surface area (Å²) in [6.45, 7) is 5.94. The first-order chi connectivity index (χ1) is 10.2. The molecule has 0 bridgehead atoms. The number of para-hydroxylation sites is 1. The van der Waals surface area contributed by atoms with Crippen LogP contribution in [-0.2, 0) is 0 Å². The zero-order valence-corrected chi connectivity index (χ0v) is 15.2. The molecule has 0 aromatic heterocycles. The van der Waals surface area contributed by atoms with Gasteiger partial charge in [0.15, 0.2) is 0 Å².